The van der Waals surface area contributed by atoms with Crippen LogP contribution >= 0.6 is 11.6 Å². The molecular formula is C25H33ClN2O4S2. The third kappa shape index (κ3) is 5.74. The van der Waals surface area contributed by atoms with Gasteiger partial charge in [-0.15, -0.1) is 0 Å². The molecule has 1 saturated carbocycles. The summed E-state index contributed by atoms with van der Waals surface area (Å²) in [6.07, 6.45) is 5.03. The first-order valence-electron chi connectivity index (χ1n) is 11.7. The summed E-state index contributed by atoms with van der Waals surface area (Å²) >= 11 is 4.33. The molecule has 34 heavy (non-hydrogen) atoms. The number of hydrogen-bond acceptors (Lipinski definition) is 4. The SMILES string of the molecule is CC(C)C[C@@H](N[S@](=O)O[C@H]1Cc2ccccc2[C@H]1NS(C)(=O)=O)C1(c2ccc(Cl)cc2)CCC1. The Morgan fingerprint density at radius 3 is 2.41 bits per heavy atom. The molecule has 0 aliphatic heterocycles. The molecule has 0 amide bonds. The van der Waals surface area contributed by atoms with Gasteiger partial charge in [-0.1, -0.05) is 68.3 Å². The van der Waals surface area contributed by atoms with Crippen LogP contribution in [0.15, 0.2) is 48.5 Å². The molecule has 2 aliphatic carbocycles. The minimum Gasteiger partial charge on any atom is -0.272 e. The Balaban J connectivity index is 1.54. The highest BCUT2D eigenvalue weighted by Crippen LogP contribution is 2.48. The maximum atomic E-state index is 13.3. The van der Waals surface area contributed by atoms with Gasteiger partial charge in [-0.25, -0.2) is 22.1 Å². The van der Waals surface area contributed by atoms with Crippen LogP contribution in [0.5, 0.6) is 0 Å². The Morgan fingerprint density at radius 1 is 1.15 bits per heavy atom. The number of fused-ring (bicyclic) bond motifs is 1. The van der Waals surface area contributed by atoms with Gasteiger partial charge < -0.3 is 0 Å². The molecule has 2 aromatic rings. The molecule has 186 valence electrons. The van der Waals surface area contributed by atoms with E-state index >= 15 is 0 Å². The Bertz CT molecular complexity index is 1130. The molecule has 0 saturated heterocycles. The van der Waals surface area contributed by atoms with Gasteiger partial charge in [-0.05, 0) is 54.0 Å². The lowest BCUT2D eigenvalue weighted by molar-refractivity contribution is 0.156. The first-order chi connectivity index (χ1) is 16.1. The van der Waals surface area contributed by atoms with E-state index in [1.54, 1.807) is 0 Å². The van der Waals surface area contributed by atoms with Crippen LogP contribution in [0.3, 0.4) is 0 Å². The summed E-state index contributed by atoms with van der Waals surface area (Å²) in [6.45, 7) is 4.32. The van der Waals surface area contributed by atoms with E-state index in [4.69, 9.17) is 15.8 Å². The van der Waals surface area contributed by atoms with E-state index in [0.29, 0.717) is 17.4 Å². The van der Waals surface area contributed by atoms with Crippen LogP contribution in [0, 0.1) is 5.92 Å². The van der Waals surface area contributed by atoms with Crippen molar-refractivity contribution in [3.63, 3.8) is 0 Å². The summed E-state index contributed by atoms with van der Waals surface area (Å²) in [6, 6.07) is 15.0. The van der Waals surface area contributed by atoms with Crippen LogP contribution in [0.4, 0.5) is 0 Å². The topological polar surface area (TPSA) is 84.5 Å². The van der Waals surface area contributed by atoms with E-state index < -0.39 is 33.4 Å². The number of benzene rings is 2. The first-order valence-corrected chi connectivity index (χ1v) is 15.1. The number of nitrogens with one attached hydrogen (secondary N) is 2. The fourth-order valence-corrected chi connectivity index (χ4v) is 7.19. The number of sulfonamides is 1. The zero-order chi connectivity index (χ0) is 24.5. The van der Waals surface area contributed by atoms with Crippen molar-refractivity contribution in [2.45, 2.75) is 69.6 Å². The molecule has 4 atom stereocenters. The van der Waals surface area contributed by atoms with Gasteiger partial charge in [0.1, 0.15) is 6.10 Å². The summed E-state index contributed by atoms with van der Waals surface area (Å²) in [7, 11) is -3.48. The third-order valence-electron chi connectivity index (χ3n) is 7.01. The highest BCUT2D eigenvalue weighted by Gasteiger charge is 2.46. The lowest BCUT2D eigenvalue weighted by atomic mass is 9.59. The van der Waals surface area contributed by atoms with E-state index in [1.165, 1.54) is 5.56 Å². The molecule has 0 aromatic heterocycles. The zero-order valence-electron chi connectivity index (χ0n) is 19.8. The minimum absolute atomic E-state index is 0.0478. The quantitative estimate of drug-likeness (QED) is 0.476. The van der Waals surface area contributed by atoms with Crippen LogP contribution < -0.4 is 9.44 Å². The summed E-state index contributed by atoms with van der Waals surface area (Å²) in [4.78, 5) is 0. The second-order valence-electron chi connectivity index (χ2n) is 9.96. The lowest BCUT2D eigenvalue weighted by Crippen LogP contribution is -2.54. The van der Waals surface area contributed by atoms with Gasteiger partial charge in [0.2, 0.25) is 21.3 Å². The van der Waals surface area contributed by atoms with E-state index in [9.17, 15) is 12.6 Å². The van der Waals surface area contributed by atoms with Crippen molar-refractivity contribution in [1.82, 2.24) is 9.44 Å². The van der Waals surface area contributed by atoms with Crippen LogP contribution in [-0.4, -0.2) is 31.0 Å². The lowest BCUT2D eigenvalue weighted by Gasteiger charge is -2.49. The van der Waals surface area contributed by atoms with Crippen molar-refractivity contribution in [3.8, 4) is 0 Å². The van der Waals surface area contributed by atoms with E-state index in [2.05, 4.69) is 35.4 Å². The zero-order valence-corrected chi connectivity index (χ0v) is 22.2. The van der Waals surface area contributed by atoms with Gasteiger partial charge in [-0.2, -0.15) is 0 Å². The third-order valence-corrected chi connectivity index (χ3v) is 8.85. The monoisotopic (exact) mass is 524 g/mol. The highest BCUT2D eigenvalue weighted by atomic mass is 35.5. The summed E-state index contributed by atoms with van der Waals surface area (Å²) in [5.74, 6) is 0.398. The van der Waals surface area contributed by atoms with Gasteiger partial charge in [0.15, 0.2) is 0 Å². The van der Waals surface area contributed by atoms with Crippen molar-refractivity contribution >= 4 is 32.9 Å². The molecular weight excluding hydrogens is 492 g/mol. The smallest absolute Gasteiger partial charge is 0.235 e. The second-order valence-corrected chi connectivity index (χ2v) is 13.1. The van der Waals surface area contributed by atoms with Gasteiger partial charge >= 0.3 is 0 Å². The average molecular weight is 525 g/mol. The van der Waals surface area contributed by atoms with E-state index in [0.717, 1.165) is 43.1 Å². The Labute approximate surface area is 210 Å². The largest absolute Gasteiger partial charge is 0.272 e. The van der Waals surface area contributed by atoms with E-state index in [-0.39, 0.29) is 11.5 Å². The van der Waals surface area contributed by atoms with Crippen molar-refractivity contribution < 1.29 is 16.8 Å². The van der Waals surface area contributed by atoms with Crippen LogP contribution in [-0.2, 0) is 37.3 Å². The maximum absolute atomic E-state index is 13.3. The number of hydrogen-bond donors (Lipinski definition) is 2. The molecule has 2 aromatic carbocycles. The van der Waals surface area contributed by atoms with Gasteiger partial charge in [-0.3, -0.25) is 4.18 Å². The van der Waals surface area contributed by atoms with Crippen molar-refractivity contribution in [2.24, 2.45) is 5.92 Å². The molecule has 2 aliphatic rings. The summed E-state index contributed by atoms with van der Waals surface area (Å²) in [5.41, 5.74) is 2.94. The Kier molecular flexibility index (Phi) is 7.86. The molecule has 0 heterocycles. The molecule has 0 radical (unpaired) electrons. The molecule has 4 rings (SSSR count). The molecule has 1 fully saturated rings. The predicted molar refractivity (Wildman–Crippen MR) is 137 cm³/mol. The molecule has 0 bridgehead atoms. The first kappa shape index (κ1) is 25.8. The van der Waals surface area contributed by atoms with Crippen LogP contribution in [0.2, 0.25) is 5.02 Å². The fraction of sp³-hybridized carbons (Fsp3) is 0.520. The minimum atomic E-state index is -3.48. The Morgan fingerprint density at radius 2 is 1.82 bits per heavy atom. The van der Waals surface area contributed by atoms with Crippen molar-refractivity contribution in [1.29, 1.82) is 0 Å². The maximum Gasteiger partial charge on any atom is 0.235 e. The van der Waals surface area contributed by atoms with Gasteiger partial charge in [0, 0.05) is 22.9 Å². The molecule has 0 unspecified atom stereocenters. The fourth-order valence-electron chi connectivity index (χ4n) is 5.31. The normalized spacial score (nSPS) is 23.3. The standard InChI is InChI=1S/C25H33ClN2O4S2/c1-17(2)15-23(25(13-6-14-25)19-9-11-20(26)12-10-19)27-33(29)32-22-16-18-7-4-5-8-21(18)24(22)28-34(3,30)31/h4-5,7-12,17,22-24,27-28H,6,13-16H2,1-3H3/t22-,23+,24+,33+/m0/s1. The van der Waals surface area contributed by atoms with Crippen LogP contribution in [0.25, 0.3) is 0 Å². The molecule has 9 heteroatoms. The summed E-state index contributed by atoms with van der Waals surface area (Å²) in [5, 5.41) is 0.698. The van der Waals surface area contributed by atoms with Crippen molar-refractivity contribution in [2.75, 3.05) is 6.26 Å². The molecule has 0 spiro atoms. The number of halogens is 1. The molecule has 2 N–H and O–H groups in total. The van der Waals surface area contributed by atoms with Crippen molar-refractivity contribution in [3.05, 3.63) is 70.2 Å². The van der Waals surface area contributed by atoms with E-state index in [1.807, 2.05) is 36.4 Å². The van der Waals surface area contributed by atoms with Gasteiger partial charge in [0.05, 0.1) is 12.3 Å². The highest BCUT2D eigenvalue weighted by molar-refractivity contribution is 7.88. The van der Waals surface area contributed by atoms with Gasteiger partial charge in [0.25, 0.3) is 0 Å². The molecule has 6 nitrogen and oxygen atoms in total. The predicted octanol–water partition coefficient (Wildman–Crippen LogP) is 4.58. The second kappa shape index (κ2) is 10.4. The number of rotatable bonds is 10. The summed E-state index contributed by atoms with van der Waals surface area (Å²) < 4.78 is 49.3. The van der Waals surface area contributed by atoms with Crippen LogP contribution in [0.1, 0.15) is 62.3 Å². The average Bonchev–Trinajstić information content (AvgIpc) is 3.03. The Hall–Kier alpha value is -1.29.